The van der Waals surface area contributed by atoms with E-state index in [0.29, 0.717) is 0 Å². The molecule has 0 atom stereocenters. The van der Waals surface area contributed by atoms with Crippen LogP contribution in [-0.2, 0) is 13.1 Å². The number of anilines is 1. The molecule has 0 amide bonds. The van der Waals surface area contributed by atoms with E-state index in [0.717, 1.165) is 13.1 Å². The molecule has 0 aliphatic carbocycles. The number of nitrogens with zero attached hydrogens (tertiary/aromatic N) is 1. The van der Waals surface area contributed by atoms with E-state index in [4.69, 9.17) is 0 Å². The zero-order valence-corrected chi connectivity index (χ0v) is 12.3. The van der Waals surface area contributed by atoms with Crippen LogP contribution in [0.1, 0.15) is 16.7 Å². The second kappa shape index (κ2) is 6.80. The minimum atomic E-state index is 0.857. The molecule has 0 unspecified atom stereocenters. The van der Waals surface area contributed by atoms with Crippen LogP contribution in [0.5, 0.6) is 0 Å². The van der Waals surface area contributed by atoms with E-state index in [1.807, 2.05) is 19.3 Å². The Bertz CT molecular complexity index is 561. The SMILES string of the molecule is C=CN(Cc1ccccc1)Cc1cc(C)ccc1NC. The van der Waals surface area contributed by atoms with Crippen LogP contribution in [0.3, 0.4) is 0 Å². The van der Waals surface area contributed by atoms with E-state index in [9.17, 15) is 0 Å². The largest absolute Gasteiger partial charge is 0.388 e. The van der Waals surface area contributed by atoms with Gasteiger partial charge in [0.1, 0.15) is 0 Å². The van der Waals surface area contributed by atoms with Gasteiger partial charge < -0.3 is 10.2 Å². The average molecular weight is 266 g/mol. The fourth-order valence-corrected chi connectivity index (χ4v) is 2.32. The van der Waals surface area contributed by atoms with E-state index in [2.05, 4.69) is 66.2 Å². The number of benzene rings is 2. The lowest BCUT2D eigenvalue weighted by Crippen LogP contribution is -2.16. The molecule has 0 fully saturated rings. The van der Waals surface area contributed by atoms with Gasteiger partial charge in [-0.1, -0.05) is 54.6 Å². The fourth-order valence-electron chi connectivity index (χ4n) is 2.32. The molecule has 0 radical (unpaired) electrons. The summed E-state index contributed by atoms with van der Waals surface area (Å²) < 4.78 is 0. The molecule has 1 N–H and O–H groups in total. The summed E-state index contributed by atoms with van der Waals surface area (Å²) in [4.78, 5) is 2.23. The quantitative estimate of drug-likeness (QED) is 0.843. The van der Waals surface area contributed by atoms with E-state index in [1.54, 1.807) is 0 Å². The van der Waals surface area contributed by atoms with Crippen molar-refractivity contribution in [3.05, 3.63) is 78.0 Å². The van der Waals surface area contributed by atoms with Crippen LogP contribution < -0.4 is 5.32 Å². The van der Waals surface area contributed by atoms with Crippen molar-refractivity contribution in [1.29, 1.82) is 0 Å². The Labute approximate surface area is 121 Å². The zero-order valence-electron chi connectivity index (χ0n) is 12.3. The molecule has 0 aliphatic rings. The molecule has 0 aliphatic heterocycles. The highest BCUT2D eigenvalue weighted by Gasteiger charge is 2.06. The van der Waals surface area contributed by atoms with Gasteiger partial charge in [0.25, 0.3) is 0 Å². The van der Waals surface area contributed by atoms with Gasteiger partial charge in [-0.3, -0.25) is 0 Å². The molecule has 0 spiro atoms. The zero-order chi connectivity index (χ0) is 14.4. The predicted octanol–water partition coefficient (Wildman–Crippen LogP) is 4.18. The van der Waals surface area contributed by atoms with Gasteiger partial charge in [0.2, 0.25) is 0 Å². The standard InChI is InChI=1S/C18H22N2/c1-4-20(13-16-8-6-5-7-9-16)14-17-12-15(2)10-11-18(17)19-3/h4-12,19H,1,13-14H2,2-3H3. The molecule has 104 valence electrons. The Morgan fingerprint density at radius 1 is 1.10 bits per heavy atom. The molecular formula is C18H22N2. The first kappa shape index (κ1) is 14.2. The third-order valence-electron chi connectivity index (χ3n) is 3.39. The van der Waals surface area contributed by atoms with E-state index < -0.39 is 0 Å². The van der Waals surface area contributed by atoms with Crippen molar-refractivity contribution in [2.45, 2.75) is 20.0 Å². The first-order chi connectivity index (χ1) is 9.72. The Balaban J connectivity index is 2.14. The van der Waals surface area contributed by atoms with Gasteiger partial charge in [-0.05, 0) is 30.3 Å². The highest BCUT2D eigenvalue weighted by molar-refractivity contribution is 5.52. The average Bonchev–Trinajstić information content (AvgIpc) is 2.48. The van der Waals surface area contributed by atoms with E-state index >= 15 is 0 Å². The van der Waals surface area contributed by atoms with Gasteiger partial charge >= 0.3 is 0 Å². The molecule has 0 heterocycles. The summed E-state index contributed by atoms with van der Waals surface area (Å²) >= 11 is 0. The maximum atomic E-state index is 3.94. The van der Waals surface area contributed by atoms with Crippen LogP contribution in [0.25, 0.3) is 0 Å². The summed E-state index contributed by atoms with van der Waals surface area (Å²) in [5.41, 5.74) is 5.05. The summed E-state index contributed by atoms with van der Waals surface area (Å²) in [5.74, 6) is 0. The summed E-state index contributed by atoms with van der Waals surface area (Å²) in [5, 5.41) is 3.26. The Morgan fingerprint density at radius 3 is 2.50 bits per heavy atom. The second-order valence-corrected chi connectivity index (χ2v) is 4.98. The third kappa shape index (κ3) is 3.64. The van der Waals surface area contributed by atoms with Gasteiger partial charge in [-0.2, -0.15) is 0 Å². The van der Waals surface area contributed by atoms with Crippen LogP contribution in [0.4, 0.5) is 5.69 Å². The monoisotopic (exact) mass is 266 g/mol. The first-order valence-electron chi connectivity index (χ1n) is 6.90. The Hall–Kier alpha value is -2.22. The number of aryl methyl sites for hydroxylation is 1. The van der Waals surface area contributed by atoms with Gasteiger partial charge in [0.15, 0.2) is 0 Å². The number of nitrogens with one attached hydrogen (secondary N) is 1. The number of hydrogen-bond acceptors (Lipinski definition) is 2. The smallest absolute Gasteiger partial charge is 0.0448 e. The van der Waals surface area contributed by atoms with Crippen molar-refractivity contribution >= 4 is 5.69 Å². The molecule has 0 saturated heterocycles. The molecule has 0 saturated carbocycles. The molecule has 20 heavy (non-hydrogen) atoms. The minimum Gasteiger partial charge on any atom is -0.388 e. The summed E-state index contributed by atoms with van der Waals surface area (Å²) in [6, 6.07) is 17.0. The molecule has 2 aromatic rings. The Morgan fingerprint density at radius 2 is 1.85 bits per heavy atom. The molecule has 2 nitrogen and oxygen atoms in total. The van der Waals surface area contributed by atoms with Gasteiger partial charge in [-0.25, -0.2) is 0 Å². The fraction of sp³-hybridized carbons (Fsp3) is 0.222. The van der Waals surface area contributed by atoms with Crippen molar-refractivity contribution < 1.29 is 0 Å². The number of hydrogen-bond donors (Lipinski definition) is 1. The van der Waals surface area contributed by atoms with Gasteiger partial charge in [-0.15, -0.1) is 0 Å². The predicted molar refractivity (Wildman–Crippen MR) is 86.6 cm³/mol. The number of rotatable bonds is 6. The summed E-state index contributed by atoms with van der Waals surface area (Å²) in [6.07, 6.45) is 1.91. The molecule has 0 bridgehead atoms. The minimum absolute atomic E-state index is 0.857. The highest BCUT2D eigenvalue weighted by Crippen LogP contribution is 2.20. The van der Waals surface area contributed by atoms with Crippen LogP contribution in [0.2, 0.25) is 0 Å². The third-order valence-corrected chi connectivity index (χ3v) is 3.39. The van der Waals surface area contributed by atoms with Crippen LogP contribution in [-0.4, -0.2) is 11.9 Å². The van der Waals surface area contributed by atoms with Crippen LogP contribution >= 0.6 is 0 Å². The van der Waals surface area contributed by atoms with Crippen LogP contribution in [0.15, 0.2) is 61.3 Å². The normalized spacial score (nSPS) is 10.1. The molecule has 2 heteroatoms. The molecule has 2 rings (SSSR count). The van der Waals surface area contributed by atoms with E-state index in [-0.39, 0.29) is 0 Å². The first-order valence-corrected chi connectivity index (χ1v) is 6.90. The van der Waals surface area contributed by atoms with Crippen molar-refractivity contribution in [3.63, 3.8) is 0 Å². The van der Waals surface area contributed by atoms with Crippen molar-refractivity contribution in [2.24, 2.45) is 0 Å². The molecule has 0 aromatic heterocycles. The summed E-state index contributed by atoms with van der Waals surface area (Å²) in [7, 11) is 1.96. The van der Waals surface area contributed by atoms with Crippen LogP contribution in [0, 0.1) is 6.92 Å². The Kier molecular flexibility index (Phi) is 4.83. The van der Waals surface area contributed by atoms with Crippen molar-refractivity contribution in [1.82, 2.24) is 4.90 Å². The topological polar surface area (TPSA) is 15.3 Å². The lowest BCUT2D eigenvalue weighted by molar-refractivity contribution is 0.363. The van der Waals surface area contributed by atoms with Gasteiger partial charge in [0.05, 0.1) is 0 Å². The summed E-state index contributed by atoms with van der Waals surface area (Å²) in [6.45, 7) is 7.79. The lowest BCUT2D eigenvalue weighted by atomic mass is 10.1. The van der Waals surface area contributed by atoms with Crippen molar-refractivity contribution in [2.75, 3.05) is 12.4 Å². The van der Waals surface area contributed by atoms with Gasteiger partial charge in [0, 0.05) is 25.8 Å². The van der Waals surface area contributed by atoms with Crippen molar-refractivity contribution in [3.8, 4) is 0 Å². The molecule has 2 aromatic carbocycles. The highest BCUT2D eigenvalue weighted by atomic mass is 15.1. The lowest BCUT2D eigenvalue weighted by Gasteiger charge is -2.22. The van der Waals surface area contributed by atoms with E-state index in [1.165, 1.54) is 22.4 Å². The second-order valence-electron chi connectivity index (χ2n) is 4.98. The maximum absolute atomic E-state index is 3.94. The maximum Gasteiger partial charge on any atom is 0.0448 e. The molecular weight excluding hydrogens is 244 g/mol.